The molecule has 8 nitrogen and oxygen atoms in total. The molecule has 3 rings (SSSR count). The first-order valence-corrected chi connectivity index (χ1v) is 10.3. The Labute approximate surface area is 163 Å². The molecule has 0 unspecified atom stereocenters. The number of carbonyl (C=O) groups is 1. The summed E-state index contributed by atoms with van der Waals surface area (Å²) in [6, 6.07) is 6.36. The molecule has 0 bridgehead atoms. The second-order valence-corrected chi connectivity index (χ2v) is 9.08. The summed E-state index contributed by atoms with van der Waals surface area (Å²) in [5, 5.41) is 2.24. The molecule has 0 saturated carbocycles. The smallest absolute Gasteiger partial charge is 0.235 e. The van der Waals surface area contributed by atoms with Crippen molar-refractivity contribution >= 4 is 21.4 Å². The van der Waals surface area contributed by atoms with Gasteiger partial charge < -0.3 is 5.32 Å². The van der Waals surface area contributed by atoms with E-state index >= 15 is 0 Å². The Balaban J connectivity index is 1.63. The van der Waals surface area contributed by atoms with Crippen LogP contribution >= 0.6 is 0 Å². The fourth-order valence-electron chi connectivity index (χ4n) is 2.56. The Morgan fingerprint density at radius 1 is 1.11 bits per heavy atom. The number of carbonyl (C=O) groups excluding carboxylic acids is 1. The molecule has 28 heavy (non-hydrogen) atoms. The number of imidazole rings is 1. The molecule has 0 aliphatic rings. The molecule has 2 aromatic heterocycles. The third-order valence-corrected chi connectivity index (χ3v) is 6.37. The van der Waals surface area contributed by atoms with Gasteiger partial charge in [-0.05, 0) is 38.5 Å². The highest BCUT2D eigenvalue weighted by molar-refractivity contribution is 7.92. The second-order valence-electron chi connectivity index (χ2n) is 6.58. The largest absolute Gasteiger partial charge is 0.323 e. The van der Waals surface area contributed by atoms with Gasteiger partial charge in [0.15, 0.2) is 9.84 Å². The van der Waals surface area contributed by atoms with E-state index in [0.717, 1.165) is 5.82 Å². The number of aryl methyl sites for hydroxylation is 1. The normalized spacial score (nSPS) is 11.6. The van der Waals surface area contributed by atoms with Crippen LogP contribution in [0.15, 0.2) is 53.9 Å². The maximum Gasteiger partial charge on any atom is 0.235 e. The van der Waals surface area contributed by atoms with Crippen LogP contribution in [0.2, 0.25) is 0 Å². The molecule has 2 heterocycles. The van der Waals surface area contributed by atoms with Gasteiger partial charge in [0.2, 0.25) is 11.9 Å². The Morgan fingerprint density at radius 2 is 1.75 bits per heavy atom. The zero-order valence-electron chi connectivity index (χ0n) is 15.8. The van der Waals surface area contributed by atoms with Crippen LogP contribution in [0.3, 0.4) is 0 Å². The van der Waals surface area contributed by atoms with Crippen molar-refractivity contribution in [3.63, 3.8) is 0 Å². The molecule has 0 saturated heterocycles. The highest BCUT2D eigenvalue weighted by atomic mass is 32.2. The van der Waals surface area contributed by atoms with Crippen LogP contribution in [0.1, 0.15) is 25.2 Å². The van der Waals surface area contributed by atoms with E-state index in [1.807, 2.05) is 6.92 Å². The number of sulfone groups is 1. The van der Waals surface area contributed by atoms with E-state index in [4.69, 9.17) is 0 Å². The first kappa shape index (κ1) is 19.7. The molecule has 9 heteroatoms. The molecule has 1 N–H and O–H groups in total. The van der Waals surface area contributed by atoms with Gasteiger partial charge in [-0.15, -0.1) is 0 Å². The van der Waals surface area contributed by atoms with E-state index in [0.29, 0.717) is 17.2 Å². The molecule has 0 fully saturated rings. The number of nitrogens with one attached hydrogen (secondary N) is 1. The summed E-state index contributed by atoms with van der Waals surface area (Å²) in [6.45, 7) is 5.12. The minimum atomic E-state index is -3.32. The summed E-state index contributed by atoms with van der Waals surface area (Å²) in [6.07, 6.45) is 6.58. The lowest BCUT2D eigenvalue weighted by Gasteiger charge is -2.09. The Hall–Kier alpha value is -3.07. The SMILES string of the molecule is Cc1nccn1-c1ncc(NC(=O)Cc2ccc(S(=O)(=O)C(C)C)cc2)cn1. The number of benzene rings is 1. The Bertz CT molecular complexity index is 1070. The van der Waals surface area contributed by atoms with Crippen LogP contribution in [0, 0.1) is 6.92 Å². The number of anilines is 1. The van der Waals surface area contributed by atoms with Crippen LogP contribution in [-0.2, 0) is 21.1 Å². The lowest BCUT2D eigenvalue weighted by molar-refractivity contribution is -0.115. The second kappa shape index (κ2) is 7.89. The van der Waals surface area contributed by atoms with Gasteiger partial charge in [-0.3, -0.25) is 9.36 Å². The number of nitrogens with zero attached hydrogens (tertiary/aromatic N) is 4. The molecule has 0 aliphatic carbocycles. The van der Waals surface area contributed by atoms with E-state index in [-0.39, 0.29) is 17.2 Å². The van der Waals surface area contributed by atoms with Crippen LogP contribution in [0.25, 0.3) is 5.95 Å². The molecule has 0 atom stereocenters. The number of rotatable bonds is 6. The van der Waals surface area contributed by atoms with Crippen LogP contribution < -0.4 is 5.32 Å². The number of amides is 1. The van der Waals surface area contributed by atoms with Gasteiger partial charge >= 0.3 is 0 Å². The molecule has 0 radical (unpaired) electrons. The minimum absolute atomic E-state index is 0.115. The van der Waals surface area contributed by atoms with Gasteiger partial charge in [-0.2, -0.15) is 0 Å². The molecule has 3 aromatic rings. The summed E-state index contributed by atoms with van der Waals surface area (Å²) in [5.74, 6) is 0.990. The minimum Gasteiger partial charge on any atom is -0.323 e. The third kappa shape index (κ3) is 4.25. The van der Waals surface area contributed by atoms with Gasteiger partial charge in [0.05, 0.1) is 34.6 Å². The third-order valence-electron chi connectivity index (χ3n) is 4.20. The van der Waals surface area contributed by atoms with Crippen molar-refractivity contribution in [2.45, 2.75) is 37.3 Å². The fraction of sp³-hybridized carbons (Fsp3) is 0.263. The average molecular weight is 399 g/mol. The van der Waals surface area contributed by atoms with E-state index < -0.39 is 15.1 Å². The van der Waals surface area contributed by atoms with Crippen molar-refractivity contribution < 1.29 is 13.2 Å². The average Bonchev–Trinajstić information content (AvgIpc) is 3.08. The summed E-state index contributed by atoms with van der Waals surface area (Å²) in [7, 11) is -3.32. The highest BCUT2D eigenvalue weighted by Gasteiger charge is 2.18. The van der Waals surface area contributed by atoms with Gasteiger partial charge in [0.1, 0.15) is 5.82 Å². The van der Waals surface area contributed by atoms with E-state index in [1.54, 1.807) is 42.9 Å². The summed E-state index contributed by atoms with van der Waals surface area (Å²) in [5.41, 5.74) is 1.19. The summed E-state index contributed by atoms with van der Waals surface area (Å²) >= 11 is 0. The van der Waals surface area contributed by atoms with E-state index in [2.05, 4.69) is 20.3 Å². The number of aromatic nitrogens is 4. The maximum atomic E-state index is 12.2. The van der Waals surface area contributed by atoms with E-state index in [9.17, 15) is 13.2 Å². The molecule has 0 spiro atoms. The van der Waals surface area contributed by atoms with Gasteiger partial charge in [-0.25, -0.2) is 23.4 Å². The van der Waals surface area contributed by atoms with E-state index in [1.165, 1.54) is 24.5 Å². The van der Waals surface area contributed by atoms with Crippen molar-refractivity contribution in [2.75, 3.05) is 5.32 Å². The van der Waals surface area contributed by atoms with Crippen molar-refractivity contribution in [2.24, 2.45) is 0 Å². The van der Waals surface area contributed by atoms with Crippen LogP contribution in [0.4, 0.5) is 5.69 Å². The summed E-state index contributed by atoms with van der Waals surface area (Å²) in [4.78, 5) is 25.1. The lowest BCUT2D eigenvalue weighted by Crippen LogP contribution is -2.16. The Kier molecular flexibility index (Phi) is 5.55. The zero-order chi connectivity index (χ0) is 20.3. The van der Waals surface area contributed by atoms with Crippen LogP contribution in [0.5, 0.6) is 0 Å². The molecule has 1 aromatic carbocycles. The molecule has 1 amide bonds. The zero-order valence-corrected chi connectivity index (χ0v) is 16.6. The maximum absolute atomic E-state index is 12.2. The predicted molar refractivity (Wildman–Crippen MR) is 105 cm³/mol. The monoisotopic (exact) mass is 399 g/mol. The number of hydrogen-bond acceptors (Lipinski definition) is 6. The van der Waals surface area contributed by atoms with Crippen molar-refractivity contribution in [1.29, 1.82) is 0 Å². The van der Waals surface area contributed by atoms with Crippen LogP contribution in [-0.4, -0.2) is 39.1 Å². The summed E-state index contributed by atoms with van der Waals surface area (Å²) < 4.78 is 26.0. The van der Waals surface area contributed by atoms with Gasteiger partial charge in [0, 0.05) is 12.4 Å². The molecular weight excluding hydrogens is 378 g/mol. The van der Waals surface area contributed by atoms with Crippen molar-refractivity contribution in [3.05, 3.63) is 60.4 Å². The molecule has 146 valence electrons. The quantitative estimate of drug-likeness (QED) is 0.682. The highest BCUT2D eigenvalue weighted by Crippen LogP contribution is 2.17. The van der Waals surface area contributed by atoms with Crippen molar-refractivity contribution in [1.82, 2.24) is 19.5 Å². The molecule has 0 aliphatic heterocycles. The van der Waals surface area contributed by atoms with Gasteiger partial charge in [-0.1, -0.05) is 12.1 Å². The topological polar surface area (TPSA) is 107 Å². The first-order chi connectivity index (χ1) is 13.3. The Morgan fingerprint density at radius 3 is 2.29 bits per heavy atom. The number of hydrogen-bond donors (Lipinski definition) is 1. The lowest BCUT2D eigenvalue weighted by atomic mass is 10.1. The predicted octanol–water partition coefficient (Wildman–Crippen LogP) is 2.33. The molecular formula is C19H21N5O3S. The van der Waals surface area contributed by atoms with Crippen molar-refractivity contribution in [3.8, 4) is 5.95 Å². The standard InChI is InChI=1S/C19H21N5O3S/c1-13(2)28(26,27)17-6-4-15(5-7-17)10-18(25)23-16-11-21-19(22-12-16)24-9-8-20-14(24)3/h4-9,11-13H,10H2,1-3H3,(H,23,25). The van der Waals surface area contributed by atoms with Gasteiger partial charge in [0.25, 0.3) is 0 Å². The fourth-order valence-corrected chi connectivity index (χ4v) is 3.62. The first-order valence-electron chi connectivity index (χ1n) is 8.72.